The van der Waals surface area contributed by atoms with Gasteiger partial charge in [-0.2, -0.15) is 0 Å². The predicted octanol–water partition coefficient (Wildman–Crippen LogP) is 3.42. The van der Waals surface area contributed by atoms with Crippen molar-refractivity contribution < 1.29 is 38.8 Å². The van der Waals surface area contributed by atoms with Crippen molar-refractivity contribution in [2.45, 2.75) is 78.3 Å². The van der Waals surface area contributed by atoms with E-state index < -0.39 is 46.7 Å². The van der Waals surface area contributed by atoms with Crippen LogP contribution < -0.4 is 4.74 Å². The Morgan fingerprint density at radius 3 is 2.51 bits per heavy atom. The highest BCUT2D eigenvalue weighted by molar-refractivity contribution is 5.97. The van der Waals surface area contributed by atoms with E-state index in [-0.39, 0.29) is 28.9 Å². The lowest BCUT2D eigenvalue weighted by atomic mass is 9.45. The molecule has 0 bridgehead atoms. The molecule has 7 atom stereocenters. The van der Waals surface area contributed by atoms with Gasteiger partial charge in [0.1, 0.15) is 28.8 Å². The number of cyclic esters (lactones) is 1. The van der Waals surface area contributed by atoms with Gasteiger partial charge in [0.15, 0.2) is 11.9 Å². The van der Waals surface area contributed by atoms with Crippen LogP contribution in [-0.2, 0) is 25.5 Å². The Kier molecular flexibility index (Phi) is 4.99. The minimum absolute atomic E-state index is 0.0294. The van der Waals surface area contributed by atoms with Crippen LogP contribution in [0.3, 0.4) is 0 Å². The number of allylic oxidation sites excluding steroid dienone is 2. The molecule has 0 amide bonds. The molecule has 0 saturated heterocycles. The lowest BCUT2D eigenvalue weighted by molar-refractivity contribution is -0.190. The Morgan fingerprint density at radius 1 is 1.17 bits per heavy atom. The number of ketones is 1. The number of rotatable bonds is 1. The SMILES string of the molecule is CC(=O)O[C@H]1c2c3c(cc(O)c2C(=O)O[C@H]1C)O[C@]1(C)[C@H](O)C[C@@H]2C(C)(C)C(=O)C=C[C@@]2(C)[C@@H]1C3. The average Bonchev–Trinajstić information content (AvgIpc) is 2.75. The molecular formula is C27H32O8. The fourth-order valence-corrected chi connectivity index (χ4v) is 7.15. The van der Waals surface area contributed by atoms with Crippen LogP contribution >= 0.6 is 0 Å². The van der Waals surface area contributed by atoms with E-state index in [1.54, 1.807) is 13.0 Å². The molecule has 0 unspecified atom stereocenters. The van der Waals surface area contributed by atoms with Gasteiger partial charge >= 0.3 is 11.9 Å². The second kappa shape index (κ2) is 7.32. The van der Waals surface area contributed by atoms with Crippen LogP contribution in [0.25, 0.3) is 0 Å². The molecule has 1 aromatic carbocycles. The second-order valence-electron chi connectivity index (χ2n) is 11.4. The first-order valence-corrected chi connectivity index (χ1v) is 12.1. The number of aromatic hydroxyl groups is 1. The molecule has 8 nitrogen and oxygen atoms in total. The molecule has 5 rings (SSSR count). The Morgan fingerprint density at radius 2 is 1.86 bits per heavy atom. The smallest absolute Gasteiger partial charge is 0.342 e. The molecule has 2 aliphatic heterocycles. The zero-order chi connectivity index (χ0) is 25.7. The van der Waals surface area contributed by atoms with Crippen LogP contribution in [0.2, 0.25) is 0 Å². The summed E-state index contributed by atoms with van der Waals surface area (Å²) in [5.41, 5.74) is -1.17. The van der Waals surface area contributed by atoms with Crippen molar-refractivity contribution in [2.75, 3.05) is 0 Å². The quantitative estimate of drug-likeness (QED) is 0.582. The van der Waals surface area contributed by atoms with Gasteiger partial charge in [0.25, 0.3) is 0 Å². The van der Waals surface area contributed by atoms with Gasteiger partial charge in [0.05, 0.1) is 6.10 Å². The van der Waals surface area contributed by atoms with Gasteiger partial charge in [-0.05, 0) is 44.1 Å². The lowest BCUT2D eigenvalue weighted by Gasteiger charge is -2.62. The van der Waals surface area contributed by atoms with Gasteiger partial charge in [-0.3, -0.25) is 9.59 Å². The fourth-order valence-electron chi connectivity index (χ4n) is 7.15. The number of esters is 2. The van der Waals surface area contributed by atoms with Gasteiger partial charge in [0, 0.05) is 35.4 Å². The summed E-state index contributed by atoms with van der Waals surface area (Å²) in [6.45, 7) is 10.7. The van der Waals surface area contributed by atoms with E-state index in [2.05, 4.69) is 6.92 Å². The van der Waals surface area contributed by atoms with E-state index in [0.29, 0.717) is 29.7 Å². The Bertz CT molecular complexity index is 1180. The molecule has 1 aromatic rings. The maximum Gasteiger partial charge on any atom is 0.342 e. The minimum atomic E-state index is -1.00. The van der Waals surface area contributed by atoms with Crippen molar-refractivity contribution >= 4 is 17.7 Å². The average molecular weight is 485 g/mol. The van der Waals surface area contributed by atoms with Gasteiger partial charge < -0.3 is 24.4 Å². The van der Waals surface area contributed by atoms with Crippen LogP contribution in [0.1, 0.15) is 75.6 Å². The third-order valence-corrected chi connectivity index (χ3v) is 9.07. The number of phenols is 1. The van der Waals surface area contributed by atoms with Gasteiger partial charge in [-0.15, -0.1) is 0 Å². The molecule has 188 valence electrons. The molecule has 0 radical (unpaired) electrons. The summed E-state index contributed by atoms with van der Waals surface area (Å²) >= 11 is 0. The highest BCUT2D eigenvalue weighted by atomic mass is 16.6. The summed E-state index contributed by atoms with van der Waals surface area (Å²) in [5, 5.41) is 22.1. The Hall–Kier alpha value is -2.87. The topological polar surface area (TPSA) is 119 Å². The van der Waals surface area contributed by atoms with Crippen molar-refractivity contribution in [3.05, 3.63) is 34.9 Å². The van der Waals surface area contributed by atoms with E-state index in [0.717, 1.165) is 0 Å². The molecule has 2 heterocycles. The molecule has 4 aliphatic rings. The monoisotopic (exact) mass is 484 g/mol. The largest absolute Gasteiger partial charge is 0.507 e. The van der Waals surface area contributed by atoms with Crippen LogP contribution in [-0.4, -0.2) is 45.7 Å². The number of hydrogen-bond acceptors (Lipinski definition) is 8. The first kappa shape index (κ1) is 23.9. The van der Waals surface area contributed by atoms with E-state index in [9.17, 15) is 24.6 Å². The Balaban J connectivity index is 1.72. The standard InChI is InChI=1S/C27H32O8/c1-12-23(34-13(2)28)21-14-9-18-26(5)8-7-19(30)25(3,4)17(26)11-20(31)27(18,6)35-16(14)10-15(29)22(21)24(32)33-12/h7-8,10,12,17-18,20,23,29,31H,9,11H2,1-6H3/t12-,17+,18-,20+,23+,26+,27-/m0/s1. The number of carbonyl (C=O) groups excluding carboxylic acids is 3. The summed E-state index contributed by atoms with van der Waals surface area (Å²) in [4.78, 5) is 37.5. The first-order valence-electron chi connectivity index (χ1n) is 12.1. The van der Waals surface area contributed by atoms with Gasteiger partial charge in [0.2, 0.25) is 0 Å². The zero-order valence-corrected chi connectivity index (χ0v) is 20.9. The maximum atomic E-state index is 12.8. The van der Waals surface area contributed by atoms with E-state index in [4.69, 9.17) is 14.2 Å². The predicted molar refractivity (Wildman–Crippen MR) is 124 cm³/mol. The van der Waals surface area contributed by atoms with E-state index in [1.807, 2.05) is 26.8 Å². The van der Waals surface area contributed by atoms with Gasteiger partial charge in [-0.1, -0.05) is 26.8 Å². The molecule has 0 aromatic heterocycles. The second-order valence-corrected chi connectivity index (χ2v) is 11.4. The zero-order valence-electron chi connectivity index (χ0n) is 20.9. The fraction of sp³-hybridized carbons (Fsp3) is 0.593. The number of carbonyl (C=O) groups is 3. The normalized spacial score (nSPS) is 38.8. The van der Waals surface area contributed by atoms with E-state index >= 15 is 0 Å². The van der Waals surface area contributed by atoms with Gasteiger partial charge in [-0.25, -0.2) is 4.79 Å². The maximum absolute atomic E-state index is 12.8. The van der Waals surface area contributed by atoms with Crippen LogP contribution in [0.4, 0.5) is 0 Å². The highest BCUT2D eigenvalue weighted by Gasteiger charge is 2.65. The van der Waals surface area contributed by atoms with Crippen molar-refractivity contribution in [3.8, 4) is 11.5 Å². The number of fused-ring (bicyclic) bond motifs is 6. The van der Waals surface area contributed by atoms with Crippen LogP contribution in [0.5, 0.6) is 11.5 Å². The Labute approximate surface area is 204 Å². The van der Waals surface area contributed by atoms with Crippen LogP contribution in [0, 0.1) is 22.7 Å². The third-order valence-electron chi connectivity index (χ3n) is 9.07. The number of aliphatic hydroxyl groups excluding tert-OH is 1. The molecule has 35 heavy (non-hydrogen) atoms. The number of aliphatic hydroxyl groups is 1. The van der Waals surface area contributed by atoms with Crippen molar-refractivity contribution in [3.63, 3.8) is 0 Å². The first-order chi connectivity index (χ1) is 16.2. The molecular weight excluding hydrogens is 452 g/mol. The molecule has 0 spiro atoms. The summed E-state index contributed by atoms with van der Waals surface area (Å²) in [5.74, 6) is -1.58. The molecule has 1 fully saturated rings. The van der Waals surface area contributed by atoms with Crippen molar-refractivity contribution in [1.29, 1.82) is 0 Å². The summed E-state index contributed by atoms with van der Waals surface area (Å²) in [6.07, 6.45) is 1.83. The van der Waals surface area contributed by atoms with Crippen molar-refractivity contribution in [2.24, 2.45) is 22.7 Å². The van der Waals surface area contributed by atoms with Crippen LogP contribution in [0.15, 0.2) is 18.2 Å². The summed E-state index contributed by atoms with van der Waals surface area (Å²) < 4.78 is 17.4. The van der Waals surface area contributed by atoms with Crippen molar-refractivity contribution in [1.82, 2.24) is 0 Å². The highest BCUT2D eigenvalue weighted by Crippen LogP contribution is 2.63. The third kappa shape index (κ3) is 3.11. The number of phenolic OH excluding ortho intramolecular Hbond substituents is 1. The molecule has 1 saturated carbocycles. The molecule has 8 heteroatoms. The summed E-state index contributed by atoms with van der Waals surface area (Å²) in [6, 6.07) is 1.38. The summed E-state index contributed by atoms with van der Waals surface area (Å²) in [7, 11) is 0. The molecule has 2 aliphatic carbocycles. The lowest BCUT2D eigenvalue weighted by Crippen LogP contribution is -2.67. The number of benzene rings is 1. The number of ether oxygens (including phenoxy) is 3. The molecule has 2 N–H and O–H groups in total. The minimum Gasteiger partial charge on any atom is -0.507 e. The van der Waals surface area contributed by atoms with E-state index in [1.165, 1.54) is 13.0 Å². The number of hydrogen-bond donors (Lipinski definition) is 2.